The van der Waals surface area contributed by atoms with Gasteiger partial charge in [0.2, 0.25) is 15.9 Å². The Hall–Kier alpha value is -3.35. The molecule has 1 fully saturated rings. The van der Waals surface area contributed by atoms with Gasteiger partial charge in [-0.15, -0.1) is 0 Å². The standard InChI is InChI=1S/C26H30N4O6S2/c1-17(31)27-19-11-14-22-23(15-19)37-26(30(22)16-24(32)36-3)28-25(33)18-9-12-21(13-10-18)38(34,35)29(2)20-7-5-4-6-8-20/h9-15,20H,4-8,16H2,1-3H3,(H,27,31). The molecule has 0 unspecified atom stereocenters. The molecule has 4 rings (SSSR count). The number of thiazole rings is 1. The number of nitrogens with zero attached hydrogens (tertiary/aromatic N) is 3. The van der Waals surface area contributed by atoms with Crippen molar-refractivity contribution in [3.05, 3.63) is 52.8 Å². The number of hydrogen-bond acceptors (Lipinski definition) is 7. The molecule has 202 valence electrons. The van der Waals surface area contributed by atoms with Crippen LogP contribution >= 0.6 is 11.3 Å². The first-order chi connectivity index (χ1) is 18.1. The SMILES string of the molecule is COC(=O)Cn1c(=NC(=O)c2ccc(S(=O)(=O)N(C)C3CCCCC3)cc2)sc2cc(NC(C)=O)ccc21. The number of hydrogen-bond donors (Lipinski definition) is 1. The fourth-order valence-corrected chi connectivity index (χ4v) is 7.00. The summed E-state index contributed by atoms with van der Waals surface area (Å²) in [5.74, 6) is -1.32. The van der Waals surface area contributed by atoms with Gasteiger partial charge in [0.05, 0.1) is 22.2 Å². The summed E-state index contributed by atoms with van der Waals surface area (Å²) < 4.78 is 34.8. The summed E-state index contributed by atoms with van der Waals surface area (Å²) in [6, 6.07) is 10.9. The topological polar surface area (TPSA) is 127 Å². The maximum absolute atomic E-state index is 13.1. The largest absolute Gasteiger partial charge is 0.468 e. The number of carbonyl (C=O) groups excluding carboxylic acids is 3. The van der Waals surface area contributed by atoms with Gasteiger partial charge in [-0.2, -0.15) is 9.30 Å². The van der Waals surface area contributed by atoms with Gasteiger partial charge in [-0.3, -0.25) is 14.4 Å². The number of amides is 2. The lowest BCUT2D eigenvalue weighted by Crippen LogP contribution is -2.38. The van der Waals surface area contributed by atoms with E-state index in [2.05, 4.69) is 10.3 Å². The van der Waals surface area contributed by atoms with Crippen molar-refractivity contribution in [2.24, 2.45) is 4.99 Å². The number of ether oxygens (including phenoxy) is 1. The first-order valence-electron chi connectivity index (χ1n) is 12.2. The highest BCUT2D eigenvalue weighted by Crippen LogP contribution is 2.27. The summed E-state index contributed by atoms with van der Waals surface area (Å²) in [4.78, 5) is 41.2. The highest BCUT2D eigenvalue weighted by Gasteiger charge is 2.29. The third-order valence-corrected chi connectivity index (χ3v) is 9.55. The molecule has 2 amide bonds. The van der Waals surface area contributed by atoms with Crippen molar-refractivity contribution >= 4 is 55.0 Å². The van der Waals surface area contributed by atoms with Crippen molar-refractivity contribution in [1.29, 1.82) is 0 Å². The van der Waals surface area contributed by atoms with Gasteiger partial charge >= 0.3 is 5.97 Å². The molecule has 1 aromatic heterocycles. The van der Waals surface area contributed by atoms with Crippen LogP contribution in [0.2, 0.25) is 0 Å². The molecule has 0 bridgehead atoms. The van der Waals surface area contributed by atoms with Gasteiger partial charge in [0.1, 0.15) is 6.54 Å². The maximum Gasteiger partial charge on any atom is 0.325 e. The predicted octanol–water partition coefficient (Wildman–Crippen LogP) is 3.53. The number of nitrogens with one attached hydrogen (secondary N) is 1. The Bertz CT molecular complexity index is 1530. The fraction of sp³-hybridized carbons (Fsp3) is 0.385. The van der Waals surface area contributed by atoms with Crippen LogP contribution in [-0.4, -0.2) is 55.3 Å². The maximum atomic E-state index is 13.1. The van der Waals surface area contributed by atoms with Gasteiger partial charge < -0.3 is 14.6 Å². The van der Waals surface area contributed by atoms with Crippen LogP contribution in [-0.2, 0) is 30.9 Å². The van der Waals surface area contributed by atoms with E-state index in [0.717, 1.165) is 32.1 Å². The van der Waals surface area contributed by atoms with Gasteiger partial charge in [0.15, 0.2) is 4.80 Å². The number of methoxy groups -OCH3 is 1. The second-order valence-corrected chi connectivity index (χ2v) is 12.2. The number of rotatable bonds is 7. The van der Waals surface area contributed by atoms with E-state index >= 15 is 0 Å². The number of aromatic nitrogens is 1. The molecular weight excluding hydrogens is 528 g/mol. The van der Waals surface area contributed by atoms with Crippen LogP contribution in [0.3, 0.4) is 0 Å². The molecule has 12 heteroatoms. The van der Waals surface area contributed by atoms with E-state index in [1.54, 1.807) is 29.8 Å². The highest BCUT2D eigenvalue weighted by atomic mass is 32.2. The average Bonchev–Trinajstić information content (AvgIpc) is 3.23. The first-order valence-corrected chi connectivity index (χ1v) is 14.5. The average molecular weight is 559 g/mol. The number of benzene rings is 2. The number of carbonyl (C=O) groups is 3. The minimum Gasteiger partial charge on any atom is -0.468 e. The Balaban J connectivity index is 1.65. The monoisotopic (exact) mass is 558 g/mol. The molecule has 1 N–H and O–H groups in total. The van der Waals surface area contributed by atoms with Gasteiger partial charge in [-0.05, 0) is 55.3 Å². The number of esters is 1. The Morgan fingerprint density at radius 2 is 1.79 bits per heavy atom. The minimum absolute atomic E-state index is 0.0190. The predicted molar refractivity (Wildman–Crippen MR) is 144 cm³/mol. The van der Waals surface area contributed by atoms with Gasteiger partial charge in [0, 0.05) is 31.3 Å². The zero-order chi connectivity index (χ0) is 27.4. The molecule has 0 atom stereocenters. The van der Waals surface area contributed by atoms with Crippen LogP contribution in [0, 0.1) is 0 Å². The van der Waals surface area contributed by atoms with E-state index in [4.69, 9.17) is 4.74 Å². The summed E-state index contributed by atoms with van der Waals surface area (Å²) in [5.41, 5.74) is 1.43. The zero-order valence-corrected chi connectivity index (χ0v) is 23.1. The molecule has 1 aliphatic rings. The number of sulfonamides is 1. The third-order valence-electron chi connectivity index (χ3n) is 6.58. The van der Waals surface area contributed by atoms with Crippen LogP contribution in [0.25, 0.3) is 10.2 Å². The van der Waals surface area contributed by atoms with E-state index in [1.165, 1.54) is 53.9 Å². The lowest BCUT2D eigenvalue weighted by atomic mass is 9.96. The molecule has 3 aromatic rings. The molecule has 0 spiro atoms. The molecule has 0 aliphatic heterocycles. The molecule has 2 aromatic carbocycles. The highest BCUT2D eigenvalue weighted by molar-refractivity contribution is 7.89. The van der Waals surface area contributed by atoms with Crippen LogP contribution < -0.4 is 10.1 Å². The smallest absolute Gasteiger partial charge is 0.325 e. The first kappa shape index (κ1) is 27.7. The molecule has 1 aliphatic carbocycles. The summed E-state index contributed by atoms with van der Waals surface area (Å²) in [5, 5.41) is 2.71. The fourth-order valence-electron chi connectivity index (χ4n) is 4.51. The molecule has 0 radical (unpaired) electrons. The summed E-state index contributed by atoms with van der Waals surface area (Å²) in [6.07, 6.45) is 4.85. The van der Waals surface area contributed by atoms with Crippen molar-refractivity contribution < 1.29 is 27.5 Å². The van der Waals surface area contributed by atoms with E-state index in [1.807, 2.05) is 0 Å². The number of fused-ring (bicyclic) bond motifs is 1. The summed E-state index contributed by atoms with van der Waals surface area (Å²) >= 11 is 1.18. The normalized spacial score (nSPS) is 15.1. The second-order valence-electron chi connectivity index (χ2n) is 9.17. The van der Waals surface area contributed by atoms with Crippen LogP contribution in [0.4, 0.5) is 5.69 Å². The minimum atomic E-state index is -3.69. The second kappa shape index (κ2) is 11.6. The van der Waals surface area contributed by atoms with Gasteiger partial charge in [-0.25, -0.2) is 8.42 Å². The zero-order valence-electron chi connectivity index (χ0n) is 21.5. The Kier molecular flexibility index (Phi) is 8.44. The van der Waals surface area contributed by atoms with Gasteiger partial charge in [-0.1, -0.05) is 30.6 Å². The lowest BCUT2D eigenvalue weighted by molar-refractivity contribution is -0.141. The molecule has 0 saturated heterocycles. The summed E-state index contributed by atoms with van der Waals surface area (Å²) in [6.45, 7) is 1.24. The van der Waals surface area contributed by atoms with E-state index in [-0.39, 0.29) is 33.8 Å². The van der Waals surface area contributed by atoms with Crippen molar-refractivity contribution in [2.45, 2.75) is 56.5 Å². The third kappa shape index (κ3) is 6.03. The van der Waals surface area contributed by atoms with E-state index in [9.17, 15) is 22.8 Å². The van der Waals surface area contributed by atoms with Crippen LogP contribution in [0.5, 0.6) is 0 Å². The van der Waals surface area contributed by atoms with E-state index in [0.29, 0.717) is 15.9 Å². The van der Waals surface area contributed by atoms with Crippen molar-refractivity contribution in [2.75, 3.05) is 19.5 Å². The van der Waals surface area contributed by atoms with Crippen molar-refractivity contribution in [3.63, 3.8) is 0 Å². The van der Waals surface area contributed by atoms with Crippen LogP contribution in [0.1, 0.15) is 49.4 Å². The molecule has 38 heavy (non-hydrogen) atoms. The van der Waals surface area contributed by atoms with Crippen molar-refractivity contribution in [3.8, 4) is 0 Å². The Morgan fingerprint density at radius 3 is 2.42 bits per heavy atom. The Morgan fingerprint density at radius 1 is 1.11 bits per heavy atom. The van der Waals surface area contributed by atoms with Crippen LogP contribution in [0.15, 0.2) is 52.4 Å². The summed E-state index contributed by atoms with van der Waals surface area (Å²) in [7, 11) is -0.802. The molecule has 1 heterocycles. The van der Waals surface area contributed by atoms with Gasteiger partial charge in [0.25, 0.3) is 5.91 Å². The van der Waals surface area contributed by atoms with Crippen molar-refractivity contribution in [1.82, 2.24) is 8.87 Å². The number of anilines is 1. The molecular formula is C26H30N4O6S2. The quantitative estimate of drug-likeness (QED) is 0.442. The lowest BCUT2D eigenvalue weighted by Gasteiger charge is -2.30. The molecule has 10 nitrogen and oxygen atoms in total. The van der Waals surface area contributed by atoms with E-state index < -0.39 is 21.9 Å². The Labute approximate surface area is 225 Å². The molecule has 1 saturated carbocycles.